The Morgan fingerprint density at radius 1 is 0.309 bits per heavy atom. The molecule has 0 aliphatic carbocycles. The molecule has 0 aliphatic heterocycles. The van der Waals surface area contributed by atoms with Gasteiger partial charge in [-0.3, -0.25) is 37.3 Å². The number of aliphatic hydroxyl groups is 1. The van der Waals surface area contributed by atoms with E-state index in [1.807, 2.05) is 0 Å². The van der Waals surface area contributed by atoms with Gasteiger partial charge in [0, 0.05) is 25.7 Å². The van der Waals surface area contributed by atoms with Gasteiger partial charge in [0.25, 0.3) is 0 Å². The molecule has 3 unspecified atom stereocenters. The van der Waals surface area contributed by atoms with Crippen LogP contribution >= 0.6 is 15.6 Å². The van der Waals surface area contributed by atoms with Crippen LogP contribution in [0.15, 0.2) is 0 Å². The largest absolute Gasteiger partial charge is 0.472 e. The van der Waals surface area contributed by atoms with E-state index < -0.39 is 97.5 Å². The Balaban J connectivity index is 5.14. The van der Waals surface area contributed by atoms with E-state index in [1.165, 1.54) is 199 Å². The van der Waals surface area contributed by atoms with Crippen molar-refractivity contribution in [3.05, 3.63) is 0 Å². The van der Waals surface area contributed by atoms with E-state index in [-0.39, 0.29) is 25.7 Å². The van der Waals surface area contributed by atoms with Crippen LogP contribution in [0.3, 0.4) is 0 Å². The maximum absolute atomic E-state index is 13.1. The van der Waals surface area contributed by atoms with Gasteiger partial charge in [0.1, 0.15) is 19.3 Å². The highest BCUT2D eigenvalue weighted by molar-refractivity contribution is 7.47. The normalized spacial score (nSPS) is 14.3. The molecule has 0 aliphatic rings. The van der Waals surface area contributed by atoms with E-state index in [0.717, 1.165) is 108 Å². The van der Waals surface area contributed by atoms with Crippen molar-refractivity contribution in [2.45, 2.75) is 407 Å². The van der Waals surface area contributed by atoms with Crippen LogP contribution in [0, 0.1) is 11.8 Å². The predicted octanol–water partition coefficient (Wildman–Crippen LogP) is 21.9. The van der Waals surface area contributed by atoms with Crippen LogP contribution in [-0.2, 0) is 65.4 Å². The molecule has 0 saturated carbocycles. The summed E-state index contributed by atoms with van der Waals surface area (Å²) in [5.74, 6) is -0.551. The van der Waals surface area contributed by atoms with Crippen LogP contribution in [0.25, 0.3) is 0 Å². The summed E-state index contributed by atoms with van der Waals surface area (Å²) < 4.78 is 68.3. The second-order valence-electron chi connectivity index (χ2n) is 27.8. The zero-order valence-corrected chi connectivity index (χ0v) is 63.1. The zero-order valence-electron chi connectivity index (χ0n) is 61.3. The van der Waals surface area contributed by atoms with E-state index in [9.17, 15) is 43.2 Å². The lowest BCUT2D eigenvalue weighted by molar-refractivity contribution is -0.161. The van der Waals surface area contributed by atoms with Gasteiger partial charge in [0.05, 0.1) is 26.4 Å². The summed E-state index contributed by atoms with van der Waals surface area (Å²) in [4.78, 5) is 72.5. The number of esters is 4. The van der Waals surface area contributed by atoms with Crippen molar-refractivity contribution in [3.8, 4) is 0 Å². The van der Waals surface area contributed by atoms with E-state index in [2.05, 4.69) is 41.5 Å². The summed E-state index contributed by atoms with van der Waals surface area (Å²) >= 11 is 0. The molecule has 94 heavy (non-hydrogen) atoms. The molecule has 0 radical (unpaired) electrons. The second kappa shape index (κ2) is 66.9. The number of hydrogen-bond donors (Lipinski definition) is 3. The summed E-state index contributed by atoms with van der Waals surface area (Å²) in [6.45, 7) is 9.52. The molecular weight excluding hydrogens is 1230 g/mol. The SMILES string of the molecule is CCCCCCCCCCCCCCCCCCCCC(=O)OC[C@H](COP(=O)(O)OC[C@@H](O)COP(=O)(O)OC[C@@H](COC(=O)CCCCCCC)OC(=O)CCCCCCCCCCC(C)CC)OC(=O)CCCCCCCCCCCCCCCCCCC(C)C. The third-order valence-electron chi connectivity index (χ3n) is 17.8. The minimum atomic E-state index is -4.95. The van der Waals surface area contributed by atoms with Crippen molar-refractivity contribution in [1.29, 1.82) is 0 Å². The average molecular weight is 1380 g/mol. The molecule has 0 aromatic rings. The Hall–Kier alpha value is -1.94. The first-order valence-corrected chi connectivity index (χ1v) is 42.0. The lowest BCUT2D eigenvalue weighted by Gasteiger charge is -2.21. The molecule has 0 fully saturated rings. The van der Waals surface area contributed by atoms with Gasteiger partial charge in [-0.05, 0) is 37.5 Å². The number of aliphatic hydroxyl groups excluding tert-OH is 1. The molecule has 0 bridgehead atoms. The maximum atomic E-state index is 13.1. The van der Waals surface area contributed by atoms with Crippen molar-refractivity contribution in [2.75, 3.05) is 39.6 Å². The van der Waals surface area contributed by atoms with E-state index in [1.54, 1.807) is 0 Å². The van der Waals surface area contributed by atoms with E-state index in [0.29, 0.717) is 25.7 Å². The summed E-state index contributed by atoms with van der Waals surface area (Å²) in [6.07, 6.45) is 54.6. The highest BCUT2D eigenvalue weighted by Crippen LogP contribution is 2.45. The van der Waals surface area contributed by atoms with Gasteiger partial charge in [0.2, 0.25) is 0 Å². The number of carbonyl (C=O) groups is 4. The highest BCUT2D eigenvalue weighted by Gasteiger charge is 2.30. The highest BCUT2D eigenvalue weighted by atomic mass is 31.2. The molecule has 19 heteroatoms. The molecular formula is C75H146O17P2. The molecule has 0 rings (SSSR count). The molecule has 0 spiro atoms. The molecule has 558 valence electrons. The molecule has 0 aromatic heterocycles. The van der Waals surface area contributed by atoms with Crippen molar-refractivity contribution >= 4 is 39.5 Å². The fraction of sp³-hybridized carbons (Fsp3) is 0.947. The molecule has 0 amide bonds. The number of hydrogen-bond acceptors (Lipinski definition) is 15. The van der Waals surface area contributed by atoms with Crippen LogP contribution in [0.4, 0.5) is 0 Å². The summed E-state index contributed by atoms with van der Waals surface area (Å²) in [7, 11) is -9.90. The van der Waals surface area contributed by atoms with Gasteiger partial charge in [-0.1, -0.05) is 337 Å². The summed E-state index contributed by atoms with van der Waals surface area (Å²) in [5, 5.41) is 10.6. The summed E-state index contributed by atoms with van der Waals surface area (Å²) in [5.41, 5.74) is 0. The van der Waals surface area contributed by atoms with Gasteiger partial charge in [0.15, 0.2) is 12.2 Å². The van der Waals surface area contributed by atoms with Crippen LogP contribution in [0.2, 0.25) is 0 Å². The van der Waals surface area contributed by atoms with Crippen LogP contribution in [-0.4, -0.2) is 96.7 Å². The maximum Gasteiger partial charge on any atom is 0.472 e. The summed E-state index contributed by atoms with van der Waals surface area (Å²) in [6, 6.07) is 0. The minimum Gasteiger partial charge on any atom is -0.462 e. The van der Waals surface area contributed by atoms with Crippen LogP contribution < -0.4 is 0 Å². The lowest BCUT2D eigenvalue weighted by Crippen LogP contribution is -2.30. The monoisotopic (exact) mass is 1380 g/mol. The number of phosphoric acid groups is 2. The van der Waals surface area contributed by atoms with Crippen molar-refractivity contribution in [3.63, 3.8) is 0 Å². The Bertz CT molecular complexity index is 1820. The Morgan fingerprint density at radius 2 is 0.543 bits per heavy atom. The molecule has 17 nitrogen and oxygen atoms in total. The third-order valence-corrected chi connectivity index (χ3v) is 19.7. The van der Waals surface area contributed by atoms with Gasteiger partial charge in [-0.2, -0.15) is 0 Å². The van der Waals surface area contributed by atoms with E-state index >= 15 is 0 Å². The minimum absolute atomic E-state index is 0.104. The molecule has 6 atom stereocenters. The quantitative estimate of drug-likeness (QED) is 0.0222. The van der Waals surface area contributed by atoms with Gasteiger partial charge >= 0.3 is 39.5 Å². The van der Waals surface area contributed by atoms with Gasteiger partial charge in [-0.25, -0.2) is 9.13 Å². The average Bonchev–Trinajstić information content (AvgIpc) is 1.61. The van der Waals surface area contributed by atoms with Crippen LogP contribution in [0.1, 0.15) is 388 Å². The molecule has 0 aromatic carbocycles. The van der Waals surface area contributed by atoms with Crippen molar-refractivity contribution in [1.82, 2.24) is 0 Å². The van der Waals surface area contributed by atoms with Crippen molar-refractivity contribution < 1.29 is 80.2 Å². The first-order chi connectivity index (χ1) is 45.4. The molecule has 3 N–H and O–H groups in total. The fourth-order valence-electron chi connectivity index (χ4n) is 11.4. The Morgan fingerprint density at radius 3 is 0.809 bits per heavy atom. The molecule has 0 heterocycles. The van der Waals surface area contributed by atoms with Crippen LogP contribution in [0.5, 0.6) is 0 Å². The van der Waals surface area contributed by atoms with Gasteiger partial charge in [-0.15, -0.1) is 0 Å². The first-order valence-electron chi connectivity index (χ1n) is 39.0. The smallest absolute Gasteiger partial charge is 0.462 e. The first kappa shape index (κ1) is 92.1. The molecule has 0 saturated heterocycles. The van der Waals surface area contributed by atoms with Gasteiger partial charge < -0.3 is 33.8 Å². The zero-order chi connectivity index (χ0) is 69.3. The second-order valence-corrected chi connectivity index (χ2v) is 30.7. The number of phosphoric ester groups is 2. The predicted molar refractivity (Wildman–Crippen MR) is 381 cm³/mol. The third kappa shape index (κ3) is 67.3. The Kier molecular flexibility index (Phi) is 65.5. The number of rotatable bonds is 74. The number of carbonyl (C=O) groups excluding carboxylic acids is 4. The Labute approximate surface area is 575 Å². The number of unbranched alkanes of at least 4 members (excludes halogenated alkanes) is 43. The van der Waals surface area contributed by atoms with E-state index in [4.69, 9.17) is 37.0 Å². The fourth-order valence-corrected chi connectivity index (χ4v) is 13.0. The standard InChI is InChI=1S/C75H146O17P2/c1-7-10-12-14-15-16-17-18-19-20-21-25-28-31-34-40-46-52-58-73(78)86-64-71(92-74(79)59-53-47-41-35-32-29-26-23-22-24-27-30-33-38-44-49-55-67(4)5)66-90-94(83,84)88-62-69(76)61-87-93(81,82)89-65-70(63-85-72(77)57-51-43-13-11-8-2)91-75(80)60-54-48-42-37-36-39-45-50-56-68(6)9-3/h67-71,76H,7-66H2,1-6H3,(H,81,82)(H,83,84)/t68?,69-,70+,71+/m0/s1. The lowest BCUT2D eigenvalue weighted by atomic mass is 9.99. The topological polar surface area (TPSA) is 237 Å². The van der Waals surface area contributed by atoms with Crippen molar-refractivity contribution in [2.24, 2.45) is 11.8 Å². The number of ether oxygens (including phenoxy) is 4.